The van der Waals surface area contributed by atoms with Gasteiger partial charge < -0.3 is 9.30 Å². The minimum absolute atomic E-state index is 0.395. The highest BCUT2D eigenvalue weighted by Gasteiger charge is 2.09. The highest BCUT2D eigenvalue weighted by Crippen LogP contribution is 2.18. The third-order valence-electron chi connectivity index (χ3n) is 4.12. The number of carbonyl (C=O) groups excluding carboxylic acids is 1. The molecule has 24 heavy (non-hydrogen) atoms. The maximum absolute atomic E-state index is 10.7. The molecule has 2 aromatic carbocycles. The van der Waals surface area contributed by atoms with Crippen LogP contribution in [0.4, 0.5) is 0 Å². The number of aldehydes is 1. The van der Waals surface area contributed by atoms with E-state index >= 15 is 0 Å². The molecule has 0 saturated carbocycles. The number of aryl methyl sites for hydroxylation is 1. The first-order chi connectivity index (χ1) is 11.7. The van der Waals surface area contributed by atoms with Gasteiger partial charge in [-0.3, -0.25) is 4.79 Å². The van der Waals surface area contributed by atoms with Crippen molar-refractivity contribution in [2.24, 2.45) is 0 Å². The van der Waals surface area contributed by atoms with Gasteiger partial charge in [-0.05, 0) is 55.3 Å². The fraction of sp³-hybridized carbons (Fsp3) is 0.200. The van der Waals surface area contributed by atoms with Gasteiger partial charge in [0.05, 0.1) is 12.0 Å². The Morgan fingerprint density at radius 3 is 2.42 bits per heavy atom. The number of carbonyl (C=O) groups is 1. The second-order valence-corrected chi connectivity index (χ2v) is 5.64. The first kappa shape index (κ1) is 16.0. The van der Waals surface area contributed by atoms with Crippen LogP contribution in [0.5, 0.6) is 5.75 Å². The number of nitrogens with zero attached hydrogens (tertiary/aromatic N) is 2. The van der Waals surface area contributed by atoms with Crippen LogP contribution in [0.2, 0.25) is 0 Å². The van der Waals surface area contributed by atoms with Crippen molar-refractivity contribution in [3.8, 4) is 11.4 Å². The third-order valence-corrected chi connectivity index (χ3v) is 4.12. The number of ether oxygens (including phenoxy) is 1. The minimum atomic E-state index is 0.395. The summed E-state index contributed by atoms with van der Waals surface area (Å²) in [6, 6.07) is 15.6. The average molecular weight is 320 g/mol. The average Bonchev–Trinajstić information content (AvgIpc) is 3.01. The third kappa shape index (κ3) is 3.38. The van der Waals surface area contributed by atoms with E-state index in [1.165, 1.54) is 5.56 Å². The molecule has 0 amide bonds. The van der Waals surface area contributed by atoms with Crippen molar-refractivity contribution in [2.75, 3.05) is 0 Å². The van der Waals surface area contributed by atoms with Crippen LogP contribution in [0.25, 0.3) is 5.69 Å². The molecule has 0 radical (unpaired) electrons. The molecule has 0 aliphatic carbocycles. The Kier molecular flexibility index (Phi) is 4.75. The van der Waals surface area contributed by atoms with E-state index in [0.717, 1.165) is 35.5 Å². The molecule has 0 N–H and O–H groups in total. The molecule has 122 valence electrons. The number of hydrogen-bond donors (Lipinski definition) is 0. The molecule has 3 aromatic rings. The quantitative estimate of drug-likeness (QED) is 0.641. The van der Waals surface area contributed by atoms with Gasteiger partial charge in [0.25, 0.3) is 0 Å². The summed E-state index contributed by atoms with van der Waals surface area (Å²) in [5.74, 6) is 0.724. The predicted molar refractivity (Wildman–Crippen MR) is 93.8 cm³/mol. The zero-order valence-electron chi connectivity index (χ0n) is 13.9. The Hall–Kier alpha value is -2.88. The van der Waals surface area contributed by atoms with Crippen LogP contribution in [0, 0.1) is 6.92 Å². The van der Waals surface area contributed by atoms with Crippen molar-refractivity contribution >= 4 is 6.29 Å². The highest BCUT2D eigenvalue weighted by atomic mass is 16.5. The van der Waals surface area contributed by atoms with E-state index in [2.05, 4.69) is 40.7 Å². The van der Waals surface area contributed by atoms with Crippen molar-refractivity contribution < 1.29 is 9.53 Å². The molecule has 4 nitrogen and oxygen atoms in total. The van der Waals surface area contributed by atoms with Gasteiger partial charge in [-0.2, -0.15) is 0 Å². The molecule has 0 fully saturated rings. The normalized spacial score (nSPS) is 10.6. The van der Waals surface area contributed by atoms with Gasteiger partial charge in [-0.15, -0.1) is 0 Å². The van der Waals surface area contributed by atoms with Crippen LogP contribution >= 0.6 is 0 Å². The van der Waals surface area contributed by atoms with E-state index in [0.29, 0.717) is 12.2 Å². The van der Waals surface area contributed by atoms with Crippen LogP contribution in [-0.4, -0.2) is 15.8 Å². The van der Waals surface area contributed by atoms with E-state index < -0.39 is 0 Å². The lowest BCUT2D eigenvalue weighted by atomic mass is 10.1. The van der Waals surface area contributed by atoms with Gasteiger partial charge in [0, 0.05) is 16.9 Å². The number of benzene rings is 2. The molecule has 4 heteroatoms. The lowest BCUT2D eigenvalue weighted by molar-refractivity contribution is 0.112. The minimum Gasteiger partial charge on any atom is -0.487 e. The summed E-state index contributed by atoms with van der Waals surface area (Å²) in [6.45, 7) is 4.58. The van der Waals surface area contributed by atoms with Gasteiger partial charge in [0.15, 0.2) is 0 Å². The van der Waals surface area contributed by atoms with Crippen LogP contribution in [-0.2, 0) is 13.0 Å². The van der Waals surface area contributed by atoms with E-state index in [1.807, 2.05) is 13.3 Å². The molecular formula is C20H20N2O2. The van der Waals surface area contributed by atoms with Gasteiger partial charge in [-0.25, -0.2) is 4.98 Å². The lowest BCUT2D eigenvalue weighted by Gasteiger charge is -2.08. The second kappa shape index (κ2) is 7.13. The summed E-state index contributed by atoms with van der Waals surface area (Å²) in [5.41, 5.74) is 5.01. The van der Waals surface area contributed by atoms with E-state index in [1.54, 1.807) is 24.3 Å². The zero-order valence-corrected chi connectivity index (χ0v) is 13.9. The molecule has 3 rings (SSSR count). The smallest absolute Gasteiger partial charge is 0.150 e. The molecular weight excluding hydrogens is 300 g/mol. The largest absolute Gasteiger partial charge is 0.487 e. The summed E-state index contributed by atoms with van der Waals surface area (Å²) >= 11 is 0. The van der Waals surface area contributed by atoms with Crippen LogP contribution in [0.1, 0.15) is 34.2 Å². The molecule has 0 aliphatic rings. The number of imidazole rings is 1. The molecule has 1 heterocycles. The molecule has 0 unspecified atom stereocenters. The van der Waals surface area contributed by atoms with Crippen molar-refractivity contribution in [1.29, 1.82) is 0 Å². The maximum Gasteiger partial charge on any atom is 0.150 e. The van der Waals surface area contributed by atoms with Gasteiger partial charge in [-0.1, -0.05) is 19.1 Å². The van der Waals surface area contributed by atoms with Crippen molar-refractivity contribution in [2.45, 2.75) is 26.9 Å². The van der Waals surface area contributed by atoms with Gasteiger partial charge in [0.1, 0.15) is 18.6 Å². The number of aromatic nitrogens is 2. The second-order valence-electron chi connectivity index (χ2n) is 5.64. The molecule has 0 aliphatic heterocycles. The summed E-state index contributed by atoms with van der Waals surface area (Å²) in [5, 5.41) is 0. The van der Waals surface area contributed by atoms with E-state index in [9.17, 15) is 4.79 Å². The van der Waals surface area contributed by atoms with Gasteiger partial charge in [0.2, 0.25) is 0 Å². The molecule has 0 spiro atoms. The predicted octanol–water partition coefficient (Wildman–Crippen LogP) is 4.13. The first-order valence-corrected chi connectivity index (χ1v) is 8.01. The van der Waals surface area contributed by atoms with Crippen LogP contribution in [0.15, 0.2) is 54.9 Å². The maximum atomic E-state index is 10.7. The fourth-order valence-electron chi connectivity index (χ4n) is 2.54. The summed E-state index contributed by atoms with van der Waals surface area (Å²) in [6.07, 6.45) is 3.68. The number of rotatable bonds is 6. The summed E-state index contributed by atoms with van der Waals surface area (Å²) in [4.78, 5) is 15.1. The van der Waals surface area contributed by atoms with Crippen LogP contribution in [0.3, 0.4) is 0 Å². The topological polar surface area (TPSA) is 44.1 Å². The molecule has 0 atom stereocenters. The van der Waals surface area contributed by atoms with E-state index in [-0.39, 0.29) is 0 Å². The van der Waals surface area contributed by atoms with Gasteiger partial charge >= 0.3 is 0 Å². The summed E-state index contributed by atoms with van der Waals surface area (Å²) < 4.78 is 7.83. The Labute approximate surface area is 141 Å². The Morgan fingerprint density at radius 2 is 1.79 bits per heavy atom. The Bertz CT molecular complexity index is 818. The molecule has 1 aromatic heterocycles. The lowest BCUT2D eigenvalue weighted by Crippen LogP contribution is -2.00. The highest BCUT2D eigenvalue weighted by molar-refractivity contribution is 5.74. The first-order valence-electron chi connectivity index (χ1n) is 8.01. The zero-order chi connectivity index (χ0) is 16.9. The number of hydrogen-bond acceptors (Lipinski definition) is 3. The monoisotopic (exact) mass is 320 g/mol. The standard InChI is InChI=1S/C20H20N2O2/c1-3-16-4-8-18(9-5-16)22-14-21-20(15(22)2)13-24-19-10-6-17(12-23)7-11-19/h4-12,14H,3,13H2,1-2H3. The van der Waals surface area contributed by atoms with Crippen molar-refractivity contribution in [3.05, 3.63) is 77.4 Å². The van der Waals surface area contributed by atoms with Crippen molar-refractivity contribution in [3.63, 3.8) is 0 Å². The van der Waals surface area contributed by atoms with Crippen molar-refractivity contribution in [1.82, 2.24) is 9.55 Å². The summed E-state index contributed by atoms with van der Waals surface area (Å²) in [7, 11) is 0. The molecule has 0 saturated heterocycles. The Balaban J connectivity index is 1.72. The van der Waals surface area contributed by atoms with E-state index in [4.69, 9.17) is 4.74 Å². The van der Waals surface area contributed by atoms with Crippen LogP contribution < -0.4 is 4.74 Å². The SMILES string of the molecule is CCc1ccc(-n2cnc(COc3ccc(C=O)cc3)c2C)cc1. The Morgan fingerprint density at radius 1 is 1.08 bits per heavy atom. The fourth-order valence-corrected chi connectivity index (χ4v) is 2.54. The molecule has 0 bridgehead atoms.